The summed E-state index contributed by atoms with van der Waals surface area (Å²) in [5, 5.41) is 63.2. The van der Waals surface area contributed by atoms with Crippen LogP contribution in [-0.2, 0) is 28.6 Å². The van der Waals surface area contributed by atoms with Crippen LogP contribution in [0.5, 0.6) is 23.0 Å². The summed E-state index contributed by atoms with van der Waals surface area (Å²) < 4.78 is 23.3. The highest BCUT2D eigenvalue weighted by molar-refractivity contribution is 6.23. The van der Waals surface area contributed by atoms with Gasteiger partial charge in [-0.05, 0) is 19.9 Å². The number of benzene rings is 2. The molecular weight excluding hydrogens is 730 g/mol. The van der Waals surface area contributed by atoms with Crippen molar-refractivity contribution >= 4 is 46.2 Å². The van der Waals surface area contributed by atoms with Gasteiger partial charge in [0.05, 0.1) is 53.0 Å². The molecule has 0 fully saturated rings. The molecule has 0 spiro atoms. The highest BCUT2D eigenvalue weighted by atomic mass is 16.7. The van der Waals surface area contributed by atoms with E-state index < -0.39 is 106 Å². The van der Waals surface area contributed by atoms with Crippen LogP contribution >= 0.6 is 0 Å². The van der Waals surface area contributed by atoms with Crippen molar-refractivity contribution in [3.63, 3.8) is 0 Å². The minimum absolute atomic E-state index is 0.00113. The molecule has 9 atom stereocenters. The fraction of sp³-hybridized carbons (Fsp3) is 0.475. The number of anilines is 1. The largest absolute Gasteiger partial charge is 0.507 e. The number of methoxy groups -OCH3 is 1. The Labute approximate surface area is 324 Å². The second-order valence-electron chi connectivity index (χ2n) is 14.5. The average molecular weight is 782 g/mol. The lowest BCUT2D eigenvalue weighted by Crippen LogP contribution is -2.46. The molecular formula is C40H51N3O13. The minimum atomic E-state index is -2.09. The van der Waals surface area contributed by atoms with Crippen LogP contribution in [0.15, 0.2) is 41.2 Å². The van der Waals surface area contributed by atoms with Crippen LogP contribution in [0.3, 0.4) is 0 Å². The number of nitrogens with one attached hydrogen (secondary N) is 2. The van der Waals surface area contributed by atoms with Crippen LogP contribution in [0, 0.1) is 30.6 Å². The molecule has 2 amide bonds. The Morgan fingerprint density at radius 1 is 0.946 bits per heavy atom. The zero-order valence-electron chi connectivity index (χ0n) is 33.0. The van der Waals surface area contributed by atoms with Gasteiger partial charge in [-0.15, -0.1) is 0 Å². The van der Waals surface area contributed by atoms with Gasteiger partial charge < -0.3 is 49.8 Å². The summed E-state index contributed by atoms with van der Waals surface area (Å²) in [7, 11) is 1.41. The molecule has 5 rings (SSSR count). The molecule has 0 radical (unpaired) electrons. The Morgan fingerprint density at radius 2 is 1.61 bits per heavy atom. The Bertz CT molecular complexity index is 2020. The molecule has 3 aliphatic rings. The first-order valence-corrected chi connectivity index (χ1v) is 18.1. The van der Waals surface area contributed by atoms with Gasteiger partial charge in [-0.2, -0.15) is 5.10 Å². The molecule has 0 aromatic heterocycles. The number of amides is 2. The fourth-order valence-corrected chi connectivity index (χ4v) is 7.06. The first-order valence-electron chi connectivity index (χ1n) is 18.1. The van der Waals surface area contributed by atoms with Crippen LogP contribution in [-0.4, -0.2) is 92.6 Å². The number of aromatic hydroxyl groups is 3. The number of aliphatic hydroxyl groups is 2. The monoisotopic (exact) mass is 781 g/mol. The van der Waals surface area contributed by atoms with Crippen molar-refractivity contribution in [1.29, 1.82) is 0 Å². The van der Waals surface area contributed by atoms with Crippen molar-refractivity contribution in [2.45, 2.75) is 92.5 Å². The summed E-state index contributed by atoms with van der Waals surface area (Å²) in [5.41, 5.74) is 1.28. The molecule has 7 N–H and O–H groups in total. The number of rotatable bonds is 4. The number of phenols is 3. The zero-order chi connectivity index (χ0) is 42.0. The zero-order valence-corrected chi connectivity index (χ0v) is 33.0. The standard InChI is InChI=1S/C40H51N3O13/c1-17-12-11-13-18(2)39(52)42-30-25(16-41-43-23(7)44)34(49)27-28(35(30)50)33(48)22(6)37-29(27)38(51)40(9,56-37)54-15-14-26(53-10)19(3)36(55-24(8)45)21(5)32(47)20(4)31(17)46/h11-17,19-21,26,31-32,36,46-50H,1-10H3,(H,42,52)(H,43,44)/b12-11+,15-14+,18-13-,41-16?/t17-,19-,20+,21-,26-,31-,32+,36+,40-/m0/s1. The SMILES string of the molecule is CO[C@H]1/C=C/O[C@@]2(C)Oc3c(C)c(O)c4c(O)c(c(C=NNC(C)=O)c(O)c4c3C2=O)NC(=O)/C(C)=C\C=C\[C@H](C)[C@H](O)[C@@H](C)[C@@H](O)[C@H](C)[C@H](OC(C)=O)[C@H]1C. The highest BCUT2D eigenvalue weighted by Crippen LogP contribution is 2.55. The normalized spacial score (nSPS) is 31.0. The van der Waals surface area contributed by atoms with Crippen molar-refractivity contribution in [3.8, 4) is 23.0 Å². The smallest absolute Gasteiger partial charge is 0.312 e. The quantitative estimate of drug-likeness (QED) is 0.0757. The Morgan fingerprint density at radius 3 is 2.21 bits per heavy atom. The molecule has 0 saturated carbocycles. The van der Waals surface area contributed by atoms with Crippen LogP contribution in [0.4, 0.5) is 5.69 Å². The lowest BCUT2D eigenvalue weighted by molar-refractivity contribution is -0.160. The number of hydrogen-bond acceptors (Lipinski definition) is 14. The van der Waals surface area contributed by atoms with E-state index in [2.05, 4.69) is 15.8 Å². The lowest BCUT2D eigenvalue weighted by Gasteiger charge is -2.38. The third-order valence-electron chi connectivity index (χ3n) is 10.4. The number of allylic oxidation sites excluding steroid dienone is 2. The number of ether oxygens (including phenoxy) is 4. The Hall–Kier alpha value is -5.45. The first kappa shape index (κ1) is 43.3. The maximum Gasteiger partial charge on any atom is 0.312 e. The van der Waals surface area contributed by atoms with Crippen molar-refractivity contribution in [3.05, 3.63) is 52.8 Å². The molecule has 2 aromatic carbocycles. The van der Waals surface area contributed by atoms with Crippen LogP contribution in [0.1, 0.15) is 76.9 Å². The summed E-state index contributed by atoms with van der Waals surface area (Å²) >= 11 is 0. The van der Waals surface area contributed by atoms with E-state index in [9.17, 15) is 44.7 Å². The number of nitrogens with zero attached hydrogens (tertiary/aromatic N) is 1. The lowest BCUT2D eigenvalue weighted by atomic mass is 9.78. The average Bonchev–Trinajstić information content (AvgIpc) is 3.41. The number of esters is 1. The Kier molecular flexibility index (Phi) is 13.2. The number of Topliss-reactive ketones (excluding diaryl/α,β-unsaturated/α-hetero) is 1. The van der Waals surface area contributed by atoms with Crippen LogP contribution in [0.25, 0.3) is 10.8 Å². The number of hydrogen-bond donors (Lipinski definition) is 7. The maximum absolute atomic E-state index is 14.2. The predicted octanol–water partition coefficient (Wildman–Crippen LogP) is 4.22. The second kappa shape index (κ2) is 17.1. The first-order chi connectivity index (χ1) is 26.2. The van der Waals surface area contributed by atoms with Gasteiger partial charge >= 0.3 is 11.8 Å². The molecule has 16 nitrogen and oxygen atoms in total. The van der Waals surface area contributed by atoms with Crippen molar-refractivity contribution < 1.29 is 63.7 Å². The summed E-state index contributed by atoms with van der Waals surface area (Å²) in [4.78, 5) is 51.7. The van der Waals surface area contributed by atoms with Gasteiger partial charge in [0.25, 0.3) is 11.7 Å². The van der Waals surface area contributed by atoms with E-state index in [0.717, 1.165) is 12.5 Å². The summed E-state index contributed by atoms with van der Waals surface area (Å²) in [6, 6.07) is 0. The minimum Gasteiger partial charge on any atom is -0.507 e. The number of phenolic OH excluding ortho intramolecular Hbond substituents is 3. The van der Waals surface area contributed by atoms with E-state index in [-0.39, 0.29) is 33.4 Å². The van der Waals surface area contributed by atoms with Crippen molar-refractivity contribution in [2.75, 3.05) is 12.4 Å². The molecule has 16 heteroatoms. The molecule has 5 bridgehead atoms. The molecule has 0 unspecified atom stereocenters. The molecule has 2 aromatic rings. The van der Waals surface area contributed by atoms with Crippen molar-refractivity contribution in [1.82, 2.24) is 5.43 Å². The Balaban J connectivity index is 1.98. The number of carbonyl (C=O) groups excluding carboxylic acids is 4. The van der Waals surface area contributed by atoms with Crippen LogP contribution < -0.4 is 15.5 Å². The van der Waals surface area contributed by atoms with Gasteiger partial charge in [0.1, 0.15) is 23.4 Å². The van der Waals surface area contributed by atoms with E-state index in [1.54, 1.807) is 33.8 Å². The molecule has 3 aliphatic heterocycles. The molecule has 0 aliphatic carbocycles. The number of ketones is 1. The van der Waals surface area contributed by atoms with Gasteiger partial charge in [-0.25, -0.2) is 5.43 Å². The summed E-state index contributed by atoms with van der Waals surface area (Å²) in [5.74, 6) is -9.60. The maximum atomic E-state index is 14.2. The summed E-state index contributed by atoms with van der Waals surface area (Å²) in [6.45, 7) is 13.4. The third-order valence-corrected chi connectivity index (χ3v) is 10.4. The third kappa shape index (κ3) is 8.37. The van der Waals surface area contributed by atoms with Gasteiger partial charge in [-0.1, -0.05) is 45.9 Å². The molecule has 56 heavy (non-hydrogen) atoms. The van der Waals surface area contributed by atoms with E-state index >= 15 is 0 Å². The van der Waals surface area contributed by atoms with E-state index in [1.807, 2.05) is 0 Å². The number of fused-ring (bicyclic) bond motifs is 14. The number of aliphatic hydroxyl groups excluding tert-OH is 2. The number of hydrazone groups is 1. The van der Waals surface area contributed by atoms with Gasteiger partial charge in [0.15, 0.2) is 5.75 Å². The van der Waals surface area contributed by atoms with E-state index in [4.69, 9.17) is 18.9 Å². The predicted molar refractivity (Wildman–Crippen MR) is 205 cm³/mol. The number of carbonyl (C=O) groups is 4. The molecule has 3 heterocycles. The molecule has 0 saturated heterocycles. The van der Waals surface area contributed by atoms with E-state index in [0.29, 0.717) is 0 Å². The second-order valence-corrected chi connectivity index (χ2v) is 14.5. The fourth-order valence-electron chi connectivity index (χ4n) is 7.06. The van der Waals surface area contributed by atoms with Gasteiger partial charge in [0, 0.05) is 68.1 Å². The summed E-state index contributed by atoms with van der Waals surface area (Å²) in [6.07, 6.45) is 4.19. The molecule has 304 valence electrons. The van der Waals surface area contributed by atoms with Gasteiger partial charge in [0.2, 0.25) is 5.91 Å². The van der Waals surface area contributed by atoms with Crippen LogP contribution in [0.2, 0.25) is 0 Å². The highest BCUT2D eigenvalue weighted by Gasteiger charge is 2.50. The topological polar surface area (TPSA) is 243 Å². The van der Waals surface area contributed by atoms with Crippen molar-refractivity contribution in [2.24, 2.45) is 28.8 Å². The van der Waals surface area contributed by atoms with E-state index in [1.165, 1.54) is 60.0 Å². The van der Waals surface area contributed by atoms with Gasteiger partial charge in [-0.3, -0.25) is 19.2 Å².